The van der Waals surface area contributed by atoms with Gasteiger partial charge in [0.15, 0.2) is 0 Å². The van der Waals surface area contributed by atoms with Crippen molar-refractivity contribution >= 4 is 17.7 Å². The summed E-state index contributed by atoms with van der Waals surface area (Å²) in [5.41, 5.74) is 0.802. The largest absolute Gasteiger partial charge is 0.493 e. The van der Waals surface area contributed by atoms with Gasteiger partial charge in [-0.1, -0.05) is 17.9 Å². The van der Waals surface area contributed by atoms with Crippen LogP contribution < -0.4 is 4.74 Å². The molecule has 0 unspecified atom stereocenters. The van der Waals surface area contributed by atoms with Crippen LogP contribution in [0.1, 0.15) is 12.5 Å². The lowest BCUT2D eigenvalue weighted by molar-refractivity contribution is -0.139. The molecule has 0 heterocycles. The molecule has 5 heteroatoms. The molecular weight excluding hydrogens is 276 g/mol. The zero-order chi connectivity index (χ0) is 14.6. The molecule has 1 N–H and O–H groups in total. The highest BCUT2D eigenvalue weighted by atomic mass is 32.2. The van der Waals surface area contributed by atoms with E-state index in [0.717, 1.165) is 11.3 Å². The molecule has 1 aromatic rings. The molecule has 108 valence electrons. The Labute approximate surface area is 123 Å². The number of esters is 1. The van der Waals surface area contributed by atoms with Crippen LogP contribution in [-0.4, -0.2) is 42.4 Å². The maximum atomic E-state index is 11.1. The van der Waals surface area contributed by atoms with Gasteiger partial charge in [0.2, 0.25) is 0 Å². The van der Waals surface area contributed by atoms with E-state index in [1.165, 1.54) is 11.8 Å². The van der Waals surface area contributed by atoms with E-state index in [0.29, 0.717) is 24.7 Å². The van der Waals surface area contributed by atoms with Crippen LogP contribution >= 0.6 is 11.8 Å². The van der Waals surface area contributed by atoms with Crippen molar-refractivity contribution in [3.05, 3.63) is 29.8 Å². The molecule has 0 aliphatic rings. The Morgan fingerprint density at radius 3 is 3.05 bits per heavy atom. The summed E-state index contributed by atoms with van der Waals surface area (Å²) in [7, 11) is 0. The van der Waals surface area contributed by atoms with Crippen LogP contribution in [0, 0.1) is 11.8 Å². The van der Waals surface area contributed by atoms with Gasteiger partial charge in [0.05, 0.1) is 19.0 Å². The van der Waals surface area contributed by atoms with Gasteiger partial charge in [-0.15, -0.1) is 11.8 Å². The fourth-order valence-corrected chi connectivity index (χ4v) is 1.98. The highest BCUT2D eigenvalue weighted by Crippen LogP contribution is 2.13. The van der Waals surface area contributed by atoms with E-state index in [4.69, 9.17) is 14.6 Å². The molecule has 0 amide bonds. The van der Waals surface area contributed by atoms with Gasteiger partial charge in [-0.3, -0.25) is 4.79 Å². The molecule has 0 aliphatic heterocycles. The first kappa shape index (κ1) is 16.4. The van der Waals surface area contributed by atoms with Gasteiger partial charge in [-0.05, 0) is 25.1 Å². The highest BCUT2D eigenvalue weighted by molar-refractivity contribution is 7.99. The summed E-state index contributed by atoms with van der Waals surface area (Å²) in [5.74, 6) is 7.00. The van der Waals surface area contributed by atoms with Crippen LogP contribution in [-0.2, 0) is 9.53 Å². The number of rotatable bonds is 7. The molecule has 0 radical (unpaired) electrons. The lowest BCUT2D eigenvalue weighted by Crippen LogP contribution is -2.09. The van der Waals surface area contributed by atoms with Crippen molar-refractivity contribution in [2.24, 2.45) is 0 Å². The maximum absolute atomic E-state index is 11.1. The molecule has 1 aromatic carbocycles. The molecule has 20 heavy (non-hydrogen) atoms. The molecule has 0 spiro atoms. The summed E-state index contributed by atoms with van der Waals surface area (Å²) < 4.78 is 10.4. The zero-order valence-electron chi connectivity index (χ0n) is 11.4. The molecule has 0 aliphatic carbocycles. The van der Waals surface area contributed by atoms with E-state index in [-0.39, 0.29) is 12.6 Å². The monoisotopic (exact) mass is 294 g/mol. The molecule has 0 aromatic heterocycles. The third-order valence-electron chi connectivity index (χ3n) is 2.17. The molecule has 0 saturated carbocycles. The first-order valence-corrected chi connectivity index (χ1v) is 7.47. The summed E-state index contributed by atoms with van der Waals surface area (Å²) in [4.78, 5) is 11.1. The van der Waals surface area contributed by atoms with E-state index in [2.05, 4.69) is 11.8 Å². The van der Waals surface area contributed by atoms with Crippen molar-refractivity contribution in [3.63, 3.8) is 0 Å². The van der Waals surface area contributed by atoms with Gasteiger partial charge in [-0.25, -0.2) is 0 Å². The topological polar surface area (TPSA) is 55.8 Å². The van der Waals surface area contributed by atoms with Gasteiger partial charge in [0, 0.05) is 11.3 Å². The number of hydrogen-bond donors (Lipinski definition) is 1. The van der Waals surface area contributed by atoms with E-state index in [1.807, 2.05) is 24.3 Å². The van der Waals surface area contributed by atoms with Crippen molar-refractivity contribution in [2.45, 2.75) is 6.92 Å². The summed E-state index contributed by atoms with van der Waals surface area (Å²) in [6.07, 6.45) is 0. The number of aliphatic hydroxyl groups is 1. The van der Waals surface area contributed by atoms with Gasteiger partial charge < -0.3 is 14.6 Å². The summed E-state index contributed by atoms with van der Waals surface area (Å²) in [6, 6.07) is 7.37. The van der Waals surface area contributed by atoms with Crippen molar-refractivity contribution in [3.8, 4) is 17.6 Å². The second-order valence-corrected chi connectivity index (χ2v) is 4.80. The predicted octanol–water partition coefficient (Wildman–Crippen LogP) is 1.71. The third-order valence-corrected chi connectivity index (χ3v) is 3.06. The molecule has 4 nitrogen and oxygen atoms in total. The fraction of sp³-hybridized carbons (Fsp3) is 0.400. The molecule has 1 rings (SSSR count). The minimum atomic E-state index is -0.196. The SMILES string of the molecule is CCOC(=O)CSCCOc1cccc(C#CCO)c1. The second-order valence-electron chi connectivity index (χ2n) is 3.69. The Bertz CT molecular complexity index is 476. The van der Waals surface area contributed by atoms with Crippen LogP contribution in [0.25, 0.3) is 0 Å². The first-order valence-electron chi connectivity index (χ1n) is 6.32. The Morgan fingerprint density at radius 2 is 2.30 bits per heavy atom. The van der Waals surface area contributed by atoms with Crippen LogP contribution in [0.2, 0.25) is 0 Å². The normalized spacial score (nSPS) is 9.50. The van der Waals surface area contributed by atoms with Crippen molar-refractivity contribution in [1.29, 1.82) is 0 Å². The van der Waals surface area contributed by atoms with E-state index >= 15 is 0 Å². The number of carbonyl (C=O) groups is 1. The van der Waals surface area contributed by atoms with Crippen molar-refractivity contribution in [2.75, 3.05) is 31.3 Å². The van der Waals surface area contributed by atoms with Gasteiger partial charge in [0.1, 0.15) is 12.4 Å². The molecule has 0 saturated heterocycles. The Morgan fingerprint density at radius 1 is 1.45 bits per heavy atom. The van der Waals surface area contributed by atoms with Gasteiger partial charge in [-0.2, -0.15) is 0 Å². The molecule has 0 fully saturated rings. The van der Waals surface area contributed by atoms with Gasteiger partial charge in [0.25, 0.3) is 0 Å². The smallest absolute Gasteiger partial charge is 0.315 e. The zero-order valence-corrected chi connectivity index (χ0v) is 12.2. The standard InChI is InChI=1S/C15H18O4S/c1-2-18-15(17)12-20-10-9-19-14-7-3-5-13(11-14)6-4-8-16/h3,5,7,11,16H,2,8-10,12H2,1H3. The number of thioether (sulfide) groups is 1. The Kier molecular flexibility index (Phi) is 8.36. The predicted molar refractivity (Wildman–Crippen MR) is 79.9 cm³/mol. The summed E-state index contributed by atoms with van der Waals surface area (Å²) in [5, 5.41) is 8.63. The third kappa shape index (κ3) is 7.07. The Hall–Kier alpha value is -1.64. The minimum absolute atomic E-state index is 0.157. The molecular formula is C15H18O4S. The van der Waals surface area contributed by atoms with Crippen LogP contribution in [0.15, 0.2) is 24.3 Å². The Balaban J connectivity index is 2.26. The van der Waals surface area contributed by atoms with Crippen molar-refractivity contribution < 1.29 is 19.4 Å². The first-order chi connectivity index (χ1) is 9.76. The van der Waals surface area contributed by atoms with Crippen LogP contribution in [0.5, 0.6) is 5.75 Å². The lowest BCUT2D eigenvalue weighted by atomic mass is 10.2. The number of aliphatic hydroxyl groups excluding tert-OH is 1. The van der Waals surface area contributed by atoms with Crippen molar-refractivity contribution in [1.82, 2.24) is 0 Å². The lowest BCUT2D eigenvalue weighted by Gasteiger charge is -2.06. The van der Waals surface area contributed by atoms with Crippen LogP contribution in [0.4, 0.5) is 0 Å². The van der Waals surface area contributed by atoms with E-state index < -0.39 is 0 Å². The number of hydrogen-bond acceptors (Lipinski definition) is 5. The van der Waals surface area contributed by atoms with Gasteiger partial charge >= 0.3 is 5.97 Å². The quantitative estimate of drug-likeness (QED) is 0.471. The number of carbonyl (C=O) groups excluding carboxylic acids is 1. The molecule has 0 bridgehead atoms. The minimum Gasteiger partial charge on any atom is -0.493 e. The number of ether oxygens (including phenoxy) is 2. The molecule has 0 atom stereocenters. The average molecular weight is 294 g/mol. The van der Waals surface area contributed by atoms with E-state index in [9.17, 15) is 4.79 Å². The summed E-state index contributed by atoms with van der Waals surface area (Å²) in [6.45, 7) is 2.56. The van der Waals surface area contributed by atoms with E-state index in [1.54, 1.807) is 6.92 Å². The maximum Gasteiger partial charge on any atom is 0.315 e. The second kappa shape index (κ2) is 10.2. The number of benzene rings is 1. The highest BCUT2D eigenvalue weighted by Gasteiger charge is 2.01. The summed E-state index contributed by atoms with van der Waals surface area (Å²) >= 11 is 1.48. The fourth-order valence-electron chi connectivity index (χ4n) is 1.38. The average Bonchev–Trinajstić information content (AvgIpc) is 2.45. The van der Waals surface area contributed by atoms with Crippen LogP contribution in [0.3, 0.4) is 0 Å².